The third-order valence-electron chi connectivity index (χ3n) is 5.56. The Kier molecular flexibility index (Phi) is 6.65. The highest BCUT2D eigenvalue weighted by Gasteiger charge is 2.34. The first kappa shape index (κ1) is 23.4. The second kappa shape index (κ2) is 9.64. The Bertz CT molecular complexity index is 1390. The molecule has 34 heavy (non-hydrogen) atoms. The summed E-state index contributed by atoms with van der Waals surface area (Å²) < 4.78 is 1.61. The third-order valence-corrected chi connectivity index (χ3v) is 6.46. The number of imide groups is 1. The molecule has 4 rings (SSSR count). The van der Waals surface area contributed by atoms with Crippen molar-refractivity contribution in [1.29, 1.82) is 0 Å². The van der Waals surface area contributed by atoms with Gasteiger partial charge in [0, 0.05) is 25.2 Å². The molecular weight excluding hydrogens is 452 g/mol. The summed E-state index contributed by atoms with van der Waals surface area (Å²) in [6.07, 6.45) is 1.70. The lowest BCUT2D eigenvalue weighted by Crippen LogP contribution is -2.37. The molecule has 0 spiro atoms. The van der Waals surface area contributed by atoms with E-state index in [0.29, 0.717) is 33.7 Å². The highest BCUT2D eigenvalue weighted by molar-refractivity contribution is 8.18. The average Bonchev–Trinajstić information content (AvgIpc) is 3.08. The van der Waals surface area contributed by atoms with Gasteiger partial charge in [0.05, 0.1) is 15.9 Å². The Balaban J connectivity index is 1.41. The molecule has 0 radical (unpaired) electrons. The molecule has 0 bridgehead atoms. The maximum absolute atomic E-state index is 12.7. The number of nitrogens with one attached hydrogen (secondary N) is 1. The number of fused-ring (bicyclic) bond motifs is 1. The van der Waals surface area contributed by atoms with Crippen molar-refractivity contribution >= 4 is 45.9 Å². The van der Waals surface area contributed by atoms with Gasteiger partial charge in [-0.25, -0.2) is 4.98 Å². The van der Waals surface area contributed by atoms with Crippen LogP contribution in [-0.2, 0) is 11.3 Å². The van der Waals surface area contributed by atoms with Crippen molar-refractivity contribution in [2.45, 2.75) is 27.3 Å². The first-order valence-electron chi connectivity index (χ1n) is 10.9. The maximum Gasteiger partial charge on any atom is 0.293 e. The molecule has 1 aliphatic heterocycles. The number of benzene rings is 2. The van der Waals surface area contributed by atoms with E-state index >= 15 is 0 Å². The lowest BCUT2D eigenvalue weighted by Gasteiger charge is -2.13. The van der Waals surface area contributed by atoms with Gasteiger partial charge in [0.15, 0.2) is 0 Å². The van der Waals surface area contributed by atoms with Crippen molar-refractivity contribution in [3.63, 3.8) is 0 Å². The Morgan fingerprint density at radius 1 is 1.09 bits per heavy atom. The van der Waals surface area contributed by atoms with E-state index in [1.807, 2.05) is 38.1 Å². The second-order valence-corrected chi connectivity index (χ2v) is 8.94. The fourth-order valence-electron chi connectivity index (χ4n) is 3.72. The lowest BCUT2D eigenvalue weighted by molar-refractivity contribution is -0.122. The van der Waals surface area contributed by atoms with Gasteiger partial charge in [-0.1, -0.05) is 29.8 Å². The van der Waals surface area contributed by atoms with Gasteiger partial charge >= 0.3 is 0 Å². The highest BCUT2D eigenvalue weighted by Crippen LogP contribution is 2.31. The maximum atomic E-state index is 12.7. The van der Waals surface area contributed by atoms with Gasteiger partial charge in [0.25, 0.3) is 22.6 Å². The molecule has 1 fully saturated rings. The minimum absolute atomic E-state index is 0.0714. The van der Waals surface area contributed by atoms with E-state index in [1.54, 1.807) is 35.8 Å². The number of hydrogen-bond acceptors (Lipinski definition) is 6. The number of amides is 3. The fourth-order valence-corrected chi connectivity index (χ4v) is 4.58. The van der Waals surface area contributed by atoms with Gasteiger partial charge < -0.3 is 9.88 Å². The first-order chi connectivity index (χ1) is 16.3. The molecule has 1 saturated heterocycles. The number of rotatable bonds is 6. The van der Waals surface area contributed by atoms with Gasteiger partial charge in [0.1, 0.15) is 5.69 Å². The van der Waals surface area contributed by atoms with Gasteiger partial charge in [-0.2, -0.15) is 0 Å². The van der Waals surface area contributed by atoms with E-state index < -0.39 is 0 Å². The van der Waals surface area contributed by atoms with Crippen molar-refractivity contribution in [1.82, 2.24) is 19.8 Å². The molecule has 1 aliphatic rings. The summed E-state index contributed by atoms with van der Waals surface area (Å²) in [6.45, 7) is 6.19. The Morgan fingerprint density at radius 3 is 2.53 bits per heavy atom. The number of aryl methyl sites for hydroxylation is 3. The fraction of sp³-hybridized carbons (Fsp3) is 0.240. The summed E-state index contributed by atoms with van der Waals surface area (Å²) >= 11 is 0.893. The zero-order valence-electron chi connectivity index (χ0n) is 19.1. The smallest absolute Gasteiger partial charge is 0.293 e. The number of nitrogens with zero attached hydrogens (tertiary/aromatic N) is 3. The summed E-state index contributed by atoms with van der Waals surface area (Å²) in [5.41, 5.74) is 3.77. The minimum Gasteiger partial charge on any atom is -0.350 e. The van der Waals surface area contributed by atoms with Gasteiger partial charge in [-0.15, -0.1) is 0 Å². The molecule has 1 aromatic heterocycles. The predicted octanol–water partition coefficient (Wildman–Crippen LogP) is 3.50. The van der Waals surface area contributed by atoms with Gasteiger partial charge in [-0.3, -0.25) is 24.1 Å². The predicted molar refractivity (Wildman–Crippen MR) is 133 cm³/mol. The number of carbonyl (C=O) groups excluding carboxylic acids is 3. The molecule has 1 N–H and O–H groups in total. The van der Waals surface area contributed by atoms with Crippen molar-refractivity contribution in [3.8, 4) is 0 Å². The van der Waals surface area contributed by atoms with Crippen LogP contribution in [0.25, 0.3) is 17.1 Å². The largest absolute Gasteiger partial charge is 0.350 e. The number of aromatic nitrogens is 2. The second-order valence-electron chi connectivity index (χ2n) is 7.95. The van der Waals surface area contributed by atoms with Crippen LogP contribution in [0.3, 0.4) is 0 Å². The topological polar surface area (TPSA) is 101 Å². The molecule has 2 aromatic carbocycles. The van der Waals surface area contributed by atoms with Crippen molar-refractivity contribution in [2.75, 3.05) is 13.1 Å². The Morgan fingerprint density at radius 2 is 1.82 bits per heavy atom. The minimum atomic E-state index is -0.368. The van der Waals surface area contributed by atoms with E-state index in [0.717, 1.165) is 27.8 Å². The standard InChI is InChI=1S/C25H24N4O4S/c1-4-28-20-10-9-18(14-19(20)27-16(3)23(28)31)22(30)26-11-12-29-24(32)21(34-25(29)33)13-17-7-5-15(2)6-8-17/h5-10,13-14H,4,11-12H2,1-3H3,(H,26,30)/b21-13+. The van der Waals surface area contributed by atoms with Gasteiger partial charge in [0.2, 0.25) is 0 Å². The SMILES string of the molecule is CCn1c(=O)c(C)nc2cc(C(=O)NCCN3C(=O)S/C(=C/c4ccc(C)cc4)C3=O)ccc21. The molecule has 0 unspecified atom stereocenters. The summed E-state index contributed by atoms with van der Waals surface area (Å²) in [7, 11) is 0. The third kappa shape index (κ3) is 4.65. The van der Waals surface area contributed by atoms with Crippen LogP contribution in [0.15, 0.2) is 52.2 Å². The Labute approximate surface area is 200 Å². The van der Waals surface area contributed by atoms with Crippen LogP contribution in [0.2, 0.25) is 0 Å². The number of thioether (sulfide) groups is 1. The molecule has 9 heteroatoms. The molecule has 3 aromatic rings. The van der Waals surface area contributed by atoms with Crippen LogP contribution in [-0.4, -0.2) is 44.6 Å². The van der Waals surface area contributed by atoms with Gasteiger partial charge in [-0.05, 0) is 62.4 Å². The molecule has 2 heterocycles. The molecule has 0 saturated carbocycles. The molecule has 174 valence electrons. The molecule has 8 nitrogen and oxygen atoms in total. The summed E-state index contributed by atoms with van der Waals surface area (Å²) in [5, 5.41) is 2.39. The molecule has 0 aliphatic carbocycles. The van der Waals surface area contributed by atoms with E-state index in [4.69, 9.17) is 0 Å². The lowest BCUT2D eigenvalue weighted by atomic mass is 10.1. The first-order valence-corrected chi connectivity index (χ1v) is 11.7. The van der Waals surface area contributed by atoms with Crippen LogP contribution in [0.5, 0.6) is 0 Å². The zero-order valence-corrected chi connectivity index (χ0v) is 19.9. The van der Waals surface area contributed by atoms with Crippen molar-refractivity contribution in [3.05, 3.63) is 80.1 Å². The highest BCUT2D eigenvalue weighted by atomic mass is 32.2. The van der Waals surface area contributed by atoms with E-state index in [1.165, 1.54) is 0 Å². The summed E-state index contributed by atoms with van der Waals surface area (Å²) in [5.74, 6) is -0.717. The number of hydrogen-bond donors (Lipinski definition) is 1. The van der Waals surface area contributed by atoms with E-state index in [-0.39, 0.29) is 35.7 Å². The summed E-state index contributed by atoms with van der Waals surface area (Å²) in [4.78, 5) is 55.7. The number of carbonyl (C=O) groups is 3. The molecular formula is C25H24N4O4S. The normalized spacial score (nSPS) is 14.9. The average molecular weight is 477 g/mol. The van der Waals surface area contributed by atoms with Crippen LogP contribution in [0.1, 0.15) is 34.1 Å². The Hall–Kier alpha value is -3.72. The van der Waals surface area contributed by atoms with Crippen LogP contribution >= 0.6 is 11.8 Å². The summed E-state index contributed by atoms with van der Waals surface area (Å²) in [6, 6.07) is 12.6. The van der Waals surface area contributed by atoms with E-state index in [2.05, 4.69) is 10.3 Å². The monoisotopic (exact) mass is 476 g/mol. The van der Waals surface area contributed by atoms with Crippen molar-refractivity contribution < 1.29 is 14.4 Å². The van der Waals surface area contributed by atoms with Crippen molar-refractivity contribution in [2.24, 2.45) is 0 Å². The van der Waals surface area contributed by atoms with Crippen LogP contribution < -0.4 is 10.9 Å². The zero-order chi connectivity index (χ0) is 24.4. The molecule has 3 amide bonds. The van der Waals surface area contributed by atoms with Crippen LogP contribution in [0.4, 0.5) is 4.79 Å². The molecule has 0 atom stereocenters. The van der Waals surface area contributed by atoms with Crippen LogP contribution in [0, 0.1) is 13.8 Å². The quantitative estimate of drug-likeness (QED) is 0.547. The van der Waals surface area contributed by atoms with E-state index in [9.17, 15) is 19.2 Å².